The molecular weight excluding hydrogens is 684 g/mol. The van der Waals surface area contributed by atoms with E-state index in [9.17, 15) is 23.2 Å². The molecule has 0 radical (unpaired) electrons. The van der Waals surface area contributed by atoms with E-state index in [2.05, 4.69) is 25.7 Å². The highest BCUT2D eigenvalue weighted by atomic mass is 32.2. The highest BCUT2D eigenvalue weighted by Gasteiger charge is 2.30. The van der Waals surface area contributed by atoms with Crippen molar-refractivity contribution in [3.8, 4) is 17.0 Å². The minimum atomic E-state index is -3.08. The van der Waals surface area contributed by atoms with Crippen LogP contribution >= 0.6 is 11.8 Å². The molecule has 2 saturated heterocycles. The highest BCUT2D eigenvalue weighted by Crippen LogP contribution is 2.39. The molecule has 274 valence electrons. The summed E-state index contributed by atoms with van der Waals surface area (Å²) in [5.74, 6) is 0.197. The van der Waals surface area contributed by atoms with Crippen molar-refractivity contribution in [3.63, 3.8) is 0 Å². The van der Waals surface area contributed by atoms with E-state index in [4.69, 9.17) is 9.47 Å². The van der Waals surface area contributed by atoms with Gasteiger partial charge < -0.3 is 24.6 Å². The van der Waals surface area contributed by atoms with Gasteiger partial charge in [-0.2, -0.15) is 13.9 Å². The Bertz CT molecular complexity index is 1700. The number of benzene rings is 1. The Hall–Kier alpha value is -4.48. The Labute approximate surface area is 299 Å². The van der Waals surface area contributed by atoms with Gasteiger partial charge in [0.1, 0.15) is 18.0 Å². The number of halogens is 2. The molecule has 14 nitrogen and oxygen atoms in total. The van der Waals surface area contributed by atoms with Crippen LogP contribution < -0.4 is 15.5 Å². The molecule has 6 rings (SSSR count). The van der Waals surface area contributed by atoms with Crippen molar-refractivity contribution in [2.24, 2.45) is 10.9 Å². The Morgan fingerprint density at radius 1 is 1.08 bits per heavy atom. The number of hydrogen-bond acceptors (Lipinski definition) is 11. The number of likely N-dealkylation sites (tertiary alicyclic amines) is 1. The van der Waals surface area contributed by atoms with E-state index in [-0.39, 0.29) is 53.0 Å². The Kier molecular flexibility index (Phi) is 11.6. The Morgan fingerprint density at radius 2 is 1.84 bits per heavy atom. The van der Waals surface area contributed by atoms with E-state index >= 15 is 0 Å². The molecule has 2 N–H and O–H groups in total. The Balaban J connectivity index is 1.18. The van der Waals surface area contributed by atoms with Crippen LogP contribution in [0.4, 0.5) is 19.3 Å². The van der Waals surface area contributed by atoms with Gasteiger partial charge in [0, 0.05) is 86.7 Å². The van der Waals surface area contributed by atoms with E-state index in [1.165, 1.54) is 17.9 Å². The molecule has 51 heavy (non-hydrogen) atoms. The number of piperidine rings is 1. The van der Waals surface area contributed by atoms with Crippen molar-refractivity contribution in [2.45, 2.75) is 50.0 Å². The zero-order valence-corrected chi connectivity index (χ0v) is 29.7. The Morgan fingerprint density at radius 3 is 2.55 bits per heavy atom. The fourth-order valence-electron chi connectivity index (χ4n) is 6.59. The van der Waals surface area contributed by atoms with E-state index in [1.807, 2.05) is 18.7 Å². The zero-order chi connectivity index (χ0) is 36.1. The van der Waals surface area contributed by atoms with Crippen molar-refractivity contribution < 1.29 is 32.6 Å². The molecule has 3 amide bonds. The molecule has 0 aliphatic carbocycles. The zero-order valence-electron chi connectivity index (χ0n) is 28.9. The van der Waals surface area contributed by atoms with E-state index in [0.29, 0.717) is 43.5 Å². The number of fused-ring (bicyclic) bond motifs is 1. The number of allylic oxidation sites excluding steroid dienone is 1. The highest BCUT2D eigenvalue weighted by molar-refractivity contribution is 7.99. The number of nitrogens with zero attached hydrogens (tertiary/aromatic N) is 7. The average Bonchev–Trinajstić information content (AvgIpc) is 3.72. The molecule has 0 bridgehead atoms. The maximum Gasteiger partial charge on any atom is 0.409 e. The number of nitrogens with one attached hydrogen (secondary N) is 2. The first kappa shape index (κ1) is 36.3. The van der Waals surface area contributed by atoms with Crippen LogP contribution in [0.5, 0.6) is 5.75 Å². The first-order valence-corrected chi connectivity index (χ1v) is 17.9. The summed E-state index contributed by atoms with van der Waals surface area (Å²) in [5.41, 5.74) is 4.16. The predicted octanol–water partition coefficient (Wildman–Crippen LogP) is 3.84. The largest absolute Gasteiger partial charge is 0.453 e. The number of hydrogen-bond donors (Lipinski definition) is 2. The lowest BCUT2D eigenvalue weighted by Crippen LogP contribution is -2.50. The number of aromatic nitrogens is 2. The second-order valence-corrected chi connectivity index (χ2v) is 14.6. The number of aliphatic imine (C=N–C) groups is 1. The molecule has 4 aliphatic rings. The molecule has 0 saturated carbocycles. The summed E-state index contributed by atoms with van der Waals surface area (Å²) in [4.78, 5) is 50.0. The van der Waals surface area contributed by atoms with Gasteiger partial charge >= 0.3 is 12.7 Å². The second kappa shape index (κ2) is 16.2. The van der Waals surface area contributed by atoms with Crippen LogP contribution in [-0.4, -0.2) is 125 Å². The first-order valence-electron chi connectivity index (χ1n) is 17.0. The van der Waals surface area contributed by atoms with Crippen LogP contribution in [0.15, 0.2) is 58.0 Å². The number of alkyl halides is 2. The molecule has 0 unspecified atom stereocenters. The number of anilines is 1. The minimum absolute atomic E-state index is 0.100. The number of hydrazine groups is 1. The normalized spacial score (nSPS) is 18.2. The van der Waals surface area contributed by atoms with Crippen molar-refractivity contribution >= 4 is 41.6 Å². The van der Waals surface area contributed by atoms with Crippen molar-refractivity contribution in [1.82, 2.24) is 34.9 Å². The van der Waals surface area contributed by atoms with Gasteiger partial charge in [-0.3, -0.25) is 24.2 Å². The second-order valence-electron chi connectivity index (χ2n) is 13.0. The maximum absolute atomic E-state index is 13.6. The van der Waals surface area contributed by atoms with Crippen LogP contribution in [0, 0.1) is 5.92 Å². The quantitative estimate of drug-likeness (QED) is 0.329. The molecule has 0 spiro atoms. The van der Waals surface area contributed by atoms with Gasteiger partial charge in [-0.1, -0.05) is 13.8 Å². The number of carbonyl (C=O) groups is 3. The first-order chi connectivity index (χ1) is 24.6. The molecule has 2 aromatic rings. The molecule has 4 aliphatic heterocycles. The summed E-state index contributed by atoms with van der Waals surface area (Å²) in [7, 11) is 1.39. The summed E-state index contributed by atoms with van der Waals surface area (Å²) < 4.78 is 38.3. The molecule has 2 fully saturated rings. The van der Waals surface area contributed by atoms with Crippen LogP contribution in [0.1, 0.15) is 26.7 Å². The van der Waals surface area contributed by atoms with E-state index in [1.54, 1.807) is 58.5 Å². The standard InChI is InChI=1S/C34H43F2N9O5S/c1-22(2)51-24-5-6-28(50-33(35)36)25(17-24)30-27(39-32(47)26-18-38-45-10-4-9-37-31(26)45)20-44(40-30)21-29(46)42-11-7-23(8-12-42)19-41-13-15-43(16-14-41)34(48)49-3/h4-6,9-10,17,20,22-23,33,38H,7-8,11-16,18-19,21H2,1-3H3,(H,39,47). The predicted molar refractivity (Wildman–Crippen MR) is 188 cm³/mol. The summed E-state index contributed by atoms with van der Waals surface area (Å²) in [6, 6.07) is 4.89. The minimum Gasteiger partial charge on any atom is -0.453 e. The lowest BCUT2D eigenvalue weighted by Gasteiger charge is -2.38. The van der Waals surface area contributed by atoms with Crippen molar-refractivity contribution in [2.75, 3.05) is 64.8 Å². The summed E-state index contributed by atoms with van der Waals surface area (Å²) >= 11 is 1.54. The summed E-state index contributed by atoms with van der Waals surface area (Å²) in [5, 5.41) is 9.44. The monoisotopic (exact) mass is 727 g/mol. The number of methoxy groups -OCH3 is 1. The van der Waals surface area contributed by atoms with Gasteiger partial charge in [-0.05, 0) is 43.0 Å². The maximum atomic E-state index is 13.6. The third-order valence-electron chi connectivity index (χ3n) is 9.11. The average molecular weight is 728 g/mol. The SMILES string of the molecule is COC(=O)N1CCN(CC2CCN(C(=O)Cn3cc(NC(=O)C4=C5N=CC=CN5NC4)c(-c4cc(SC(C)C)ccc4OC(F)F)n3)CC2)CC1. The summed E-state index contributed by atoms with van der Waals surface area (Å²) in [6.07, 6.45) is 8.03. The van der Waals surface area contributed by atoms with Crippen molar-refractivity contribution in [3.05, 3.63) is 48.1 Å². The summed E-state index contributed by atoms with van der Waals surface area (Å²) in [6.45, 7) is 6.03. The van der Waals surface area contributed by atoms with Gasteiger partial charge in [0.25, 0.3) is 5.91 Å². The third-order valence-corrected chi connectivity index (χ3v) is 10.1. The van der Waals surface area contributed by atoms with Crippen molar-refractivity contribution in [1.29, 1.82) is 0 Å². The molecule has 0 atom stereocenters. The molecule has 1 aromatic carbocycles. The fraction of sp³-hybridized carbons (Fsp3) is 0.500. The van der Waals surface area contributed by atoms with Gasteiger partial charge in [0.15, 0.2) is 5.82 Å². The lowest BCUT2D eigenvalue weighted by atomic mass is 9.96. The van der Waals surface area contributed by atoms with E-state index < -0.39 is 12.5 Å². The molecule has 17 heteroatoms. The molecular formula is C34H43F2N9O5S. The third kappa shape index (κ3) is 8.88. The number of rotatable bonds is 11. The smallest absolute Gasteiger partial charge is 0.409 e. The van der Waals surface area contributed by atoms with Crippen LogP contribution in [-0.2, 0) is 20.9 Å². The molecule has 5 heterocycles. The number of piperazine rings is 1. The van der Waals surface area contributed by atoms with Crippen LogP contribution in [0.3, 0.4) is 0 Å². The van der Waals surface area contributed by atoms with Gasteiger partial charge in [0.05, 0.1) is 18.4 Å². The van der Waals surface area contributed by atoms with Crippen LogP contribution in [0.2, 0.25) is 0 Å². The van der Waals surface area contributed by atoms with Gasteiger partial charge in [-0.15, -0.1) is 11.8 Å². The molecule has 1 aromatic heterocycles. The number of thioether (sulfide) groups is 1. The number of carbonyl (C=O) groups excluding carboxylic acids is 3. The van der Waals surface area contributed by atoms with Gasteiger partial charge in [-0.25, -0.2) is 15.2 Å². The van der Waals surface area contributed by atoms with E-state index in [0.717, 1.165) is 37.4 Å². The number of amides is 3. The number of ether oxygens (including phenoxy) is 2. The lowest BCUT2D eigenvalue weighted by molar-refractivity contribution is -0.133. The van der Waals surface area contributed by atoms with Crippen LogP contribution in [0.25, 0.3) is 11.3 Å². The van der Waals surface area contributed by atoms with Gasteiger partial charge in [0.2, 0.25) is 5.91 Å². The topological polar surface area (TPSA) is 137 Å². The fourth-order valence-corrected chi connectivity index (χ4v) is 7.46.